The van der Waals surface area contributed by atoms with Gasteiger partial charge >= 0.3 is 0 Å². The molecule has 1 aliphatic rings. The molecule has 0 radical (unpaired) electrons. The summed E-state index contributed by atoms with van der Waals surface area (Å²) in [5.41, 5.74) is 1.01. The summed E-state index contributed by atoms with van der Waals surface area (Å²) in [6, 6.07) is 11.1. The first-order valence-corrected chi connectivity index (χ1v) is 10.7. The second-order valence-corrected chi connectivity index (χ2v) is 8.06. The summed E-state index contributed by atoms with van der Waals surface area (Å²) in [5.74, 6) is -0.614. The molecule has 0 aliphatic carbocycles. The first kappa shape index (κ1) is 23.6. The van der Waals surface area contributed by atoms with Gasteiger partial charge in [0.05, 0.1) is 30.4 Å². The van der Waals surface area contributed by atoms with E-state index in [1.165, 1.54) is 11.0 Å². The molecule has 2 aromatic carbocycles. The Bertz CT molecular complexity index is 1050. The molecule has 1 aliphatic heterocycles. The highest BCUT2D eigenvalue weighted by Gasteiger charge is 2.46. The van der Waals surface area contributed by atoms with Gasteiger partial charge in [-0.2, -0.15) is 0 Å². The van der Waals surface area contributed by atoms with Crippen LogP contribution in [0.25, 0.3) is 5.76 Å². The number of likely N-dealkylation sites (N-methyl/N-ethyl adjacent to an activating group) is 1. The molecule has 8 heteroatoms. The van der Waals surface area contributed by atoms with Crippen molar-refractivity contribution in [2.45, 2.75) is 13.0 Å². The van der Waals surface area contributed by atoms with Crippen molar-refractivity contribution in [1.29, 1.82) is 0 Å². The zero-order valence-corrected chi connectivity index (χ0v) is 19.3. The number of halogens is 1. The van der Waals surface area contributed by atoms with Crippen LogP contribution in [0.2, 0.25) is 5.02 Å². The molecule has 0 bridgehead atoms. The normalized spacial score (nSPS) is 17.8. The van der Waals surface area contributed by atoms with E-state index in [9.17, 15) is 14.7 Å². The summed E-state index contributed by atoms with van der Waals surface area (Å²) in [7, 11) is 5.32. The van der Waals surface area contributed by atoms with Crippen LogP contribution >= 0.6 is 11.6 Å². The maximum Gasteiger partial charge on any atom is 0.295 e. The van der Waals surface area contributed by atoms with Gasteiger partial charge in [0, 0.05) is 18.7 Å². The minimum absolute atomic E-state index is 0.0160. The van der Waals surface area contributed by atoms with Crippen molar-refractivity contribution in [2.24, 2.45) is 0 Å². The number of rotatable bonds is 8. The fourth-order valence-electron chi connectivity index (χ4n) is 3.65. The van der Waals surface area contributed by atoms with E-state index < -0.39 is 17.7 Å². The number of likely N-dealkylation sites (tertiary alicyclic amines) is 1. The van der Waals surface area contributed by atoms with Gasteiger partial charge in [0.25, 0.3) is 11.7 Å². The Hall–Kier alpha value is -3.03. The Labute approximate surface area is 192 Å². The molecule has 0 unspecified atom stereocenters. The van der Waals surface area contributed by atoms with Crippen LogP contribution in [0.3, 0.4) is 0 Å². The van der Waals surface area contributed by atoms with Crippen molar-refractivity contribution in [3.8, 4) is 11.5 Å². The first-order valence-electron chi connectivity index (χ1n) is 10.3. The number of Topliss-reactive ketones (excluding diaryl/α,β-unsaturated/α-hetero) is 1. The number of aliphatic hydroxyl groups excluding tert-OH is 1. The van der Waals surface area contributed by atoms with E-state index in [2.05, 4.69) is 0 Å². The number of ether oxygens (including phenoxy) is 2. The summed E-state index contributed by atoms with van der Waals surface area (Å²) >= 11 is 6.29. The average molecular weight is 459 g/mol. The number of nitrogens with zero attached hydrogens (tertiary/aromatic N) is 2. The lowest BCUT2D eigenvalue weighted by Crippen LogP contribution is -2.35. The van der Waals surface area contributed by atoms with Crippen LogP contribution in [-0.4, -0.2) is 67.5 Å². The van der Waals surface area contributed by atoms with E-state index in [-0.39, 0.29) is 11.3 Å². The predicted molar refractivity (Wildman–Crippen MR) is 123 cm³/mol. The van der Waals surface area contributed by atoms with E-state index in [0.717, 1.165) is 0 Å². The Morgan fingerprint density at radius 3 is 2.56 bits per heavy atom. The third-order valence-corrected chi connectivity index (χ3v) is 5.54. The number of aliphatic hydroxyl groups is 1. The van der Waals surface area contributed by atoms with E-state index in [0.29, 0.717) is 47.3 Å². The lowest BCUT2D eigenvalue weighted by molar-refractivity contribution is -0.140. The second-order valence-electron chi connectivity index (χ2n) is 7.65. The SMILES string of the molecule is CCOc1ccc(/C(O)=C2\C(=O)C(=O)N(CCN(C)C)[C@H]2c2cccc(OC)c2)cc1Cl. The summed E-state index contributed by atoms with van der Waals surface area (Å²) in [6.07, 6.45) is 0. The van der Waals surface area contributed by atoms with Crippen LogP contribution in [0.4, 0.5) is 0 Å². The van der Waals surface area contributed by atoms with Gasteiger partial charge in [0.1, 0.15) is 17.3 Å². The smallest absolute Gasteiger partial charge is 0.295 e. The zero-order valence-electron chi connectivity index (χ0n) is 18.6. The molecule has 1 fully saturated rings. The number of benzene rings is 2. The fourth-order valence-corrected chi connectivity index (χ4v) is 3.89. The standard InChI is InChI=1S/C24H27ClN2O5/c1-5-32-19-10-9-16(14-18(19)25)22(28)20-21(15-7-6-8-17(13-15)31-4)27(12-11-26(2)3)24(30)23(20)29/h6-10,13-14,21,28H,5,11-12H2,1-4H3/b22-20+/t21-/m0/s1. The van der Waals surface area contributed by atoms with Crippen LogP contribution in [-0.2, 0) is 9.59 Å². The average Bonchev–Trinajstić information content (AvgIpc) is 3.03. The minimum Gasteiger partial charge on any atom is -0.507 e. The second kappa shape index (κ2) is 10.1. The highest BCUT2D eigenvalue weighted by molar-refractivity contribution is 6.46. The van der Waals surface area contributed by atoms with Crippen molar-refractivity contribution in [1.82, 2.24) is 9.80 Å². The van der Waals surface area contributed by atoms with Crippen LogP contribution in [0, 0.1) is 0 Å². The lowest BCUT2D eigenvalue weighted by Gasteiger charge is -2.26. The number of hydrogen-bond acceptors (Lipinski definition) is 6. The number of carbonyl (C=O) groups excluding carboxylic acids is 2. The van der Waals surface area contributed by atoms with E-state index >= 15 is 0 Å². The molecule has 170 valence electrons. The number of carbonyl (C=O) groups is 2. The van der Waals surface area contributed by atoms with E-state index in [1.807, 2.05) is 25.9 Å². The van der Waals surface area contributed by atoms with Crippen molar-refractivity contribution in [2.75, 3.05) is 40.9 Å². The molecule has 0 aromatic heterocycles. The number of ketones is 1. The minimum atomic E-state index is -0.754. The topological polar surface area (TPSA) is 79.3 Å². The molecule has 0 spiro atoms. The number of hydrogen-bond donors (Lipinski definition) is 1. The van der Waals surface area contributed by atoms with Gasteiger partial charge in [0.2, 0.25) is 0 Å². The first-order chi connectivity index (χ1) is 15.3. The Morgan fingerprint density at radius 2 is 1.94 bits per heavy atom. The third kappa shape index (κ3) is 4.74. The largest absolute Gasteiger partial charge is 0.507 e. The van der Waals surface area contributed by atoms with Gasteiger partial charge in [-0.05, 0) is 56.9 Å². The Kier molecular flexibility index (Phi) is 7.43. The van der Waals surface area contributed by atoms with Crippen LogP contribution < -0.4 is 9.47 Å². The van der Waals surface area contributed by atoms with Crippen LogP contribution in [0.1, 0.15) is 24.1 Å². The maximum absolute atomic E-state index is 13.1. The molecule has 32 heavy (non-hydrogen) atoms. The van der Waals surface area contributed by atoms with Gasteiger partial charge < -0.3 is 24.4 Å². The molecular weight excluding hydrogens is 432 g/mol. The van der Waals surface area contributed by atoms with E-state index in [1.54, 1.807) is 43.5 Å². The number of amides is 1. The lowest BCUT2D eigenvalue weighted by atomic mass is 9.95. The quantitative estimate of drug-likeness (QED) is 0.369. The number of methoxy groups -OCH3 is 1. The van der Waals surface area contributed by atoms with Crippen molar-refractivity contribution >= 4 is 29.1 Å². The molecule has 0 saturated carbocycles. The van der Waals surface area contributed by atoms with Crippen LogP contribution in [0.15, 0.2) is 48.0 Å². The molecule has 7 nitrogen and oxygen atoms in total. The molecule has 1 saturated heterocycles. The predicted octanol–water partition coefficient (Wildman–Crippen LogP) is 3.73. The summed E-state index contributed by atoms with van der Waals surface area (Å²) in [4.78, 5) is 29.4. The molecule has 1 atom stereocenters. The maximum atomic E-state index is 13.1. The van der Waals surface area contributed by atoms with Gasteiger partial charge in [-0.25, -0.2) is 0 Å². The van der Waals surface area contributed by atoms with Crippen molar-refractivity contribution < 1.29 is 24.2 Å². The molecule has 1 N–H and O–H groups in total. The summed E-state index contributed by atoms with van der Waals surface area (Å²) < 4.78 is 10.8. The highest BCUT2D eigenvalue weighted by atomic mass is 35.5. The van der Waals surface area contributed by atoms with Gasteiger partial charge in [-0.15, -0.1) is 0 Å². The molecule has 1 heterocycles. The van der Waals surface area contributed by atoms with E-state index in [4.69, 9.17) is 21.1 Å². The Morgan fingerprint density at radius 1 is 1.19 bits per heavy atom. The molecule has 1 amide bonds. The monoisotopic (exact) mass is 458 g/mol. The zero-order chi connectivity index (χ0) is 23.4. The summed E-state index contributed by atoms with van der Waals surface area (Å²) in [6.45, 7) is 3.16. The molecule has 3 rings (SSSR count). The third-order valence-electron chi connectivity index (χ3n) is 5.24. The van der Waals surface area contributed by atoms with Gasteiger partial charge in [-0.3, -0.25) is 9.59 Å². The summed E-state index contributed by atoms with van der Waals surface area (Å²) in [5, 5.41) is 11.4. The molecule has 2 aromatic rings. The van der Waals surface area contributed by atoms with Gasteiger partial charge in [0.15, 0.2) is 0 Å². The van der Waals surface area contributed by atoms with Crippen molar-refractivity contribution in [3.63, 3.8) is 0 Å². The van der Waals surface area contributed by atoms with Gasteiger partial charge in [-0.1, -0.05) is 23.7 Å². The van der Waals surface area contributed by atoms with Crippen LogP contribution in [0.5, 0.6) is 11.5 Å². The highest BCUT2D eigenvalue weighted by Crippen LogP contribution is 2.40. The van der Waals surface area contributed by atoms with Crippen molar-refractivity contribution in [3.05, 3.63) is 64.2 Å². The molecular formula is C24H27ClN2O5. The fraction of sp³-hybridized carbons (Fsp3) is 0.333. The Balaban J connectivity index is 2.14.